The van der Waals surface area contributed by atoms with Crippen molar-refractivity contribution < 1.29 is 22.7 Å². The number of amides is 2. The van der Waals surface area contributed by atoms with Gasteiger partial charge in [0.05, 0.1) is 19.2 Å². The van der Waals surface area contributed by atoms with Crippen LogP contribution in [0.2, 0.25) is 0 Å². The van der Waals surface area contributed by atoms with E-state index >= 15 is 0 Å². The number of carbonyl (C=O) groups excluding carboxylic acids is 1. The van der Waals surface area contributed by atoms with Crippen LogP contribution < -0.4 is 11.1 Å². The van der Waals surface area contributed by atoms with E-state index in [1.54, 1.807) is 6.07 Å². The number of anilines is 1. The van der Waals surface area contributed by atoms with Crippen molar-refractivity contribution in [1.29, 1.82) is 0 Å². The molecule has 1 aliphatic heterocycles. The van der Waals surface area contributed by atoms with Gasteiger partial charge in [-0.15, -0.1) is 0 Å². The van der Waals surface area contributed by atoms with Crippen molar-refractivity contribution in [3.8, 4) is 0 Å². The highest BCUT2D eigenvalue weighted by atomic mass is 19.4. The number of methoxy groups -OCH3 is 1. The minimum atomic E-state index is -4.49. The minimum Gasteiger partial charge on any atom is -0.384 e. The lowest BCUT2D eigenvalue weighted by molar-refractivity contribution is -0.150. The zero-order valence-corrected chi connectivity index (χ0v) is 11.2. The zero-order valence-electron chi connectivity index (χ0n) is 11.2. The third-order valence-corrected chi connectivity index (χ3v) is 3.22. The lowest BCUT2D eigenvalue weighted by Gasteiger charge is -2.27. The predicted molar refractivity (Wildman–Crippen MR) is 68.3 cm³/mol. The van der Waals surface area contributed by atoms with Gasteiger partial charge >= 0.3 is 12.2 Å². The molecule has 2 amide bonds. The summed E-state index contributed by atoms with van der Waals surface area (Å²) in [6.45, 7) is -0.417. The number of halogens is 3. The Kier molecular flexibility index (Phi) is 4.21. The summed E-state index contributed by atoms with van der Waals surface area (Å²) < 4.78 is 43.2. The molecule has 1 aromatic heterocycles. The Labute approximate surface area is 119 Å². The first-order valence-corrected chi connectivity index (χ1v) is 6.17. The molecule has 0 radical (unpaired) electrons. The van der Waals surface area contributed by atoms with Crippen molar-refractivity contribution in [1.82, 2.24) is 15.2 Å². The number of nitrogens with one attached hydrogen (secondary N) is 1. The molecule has 3 N–H and O–H groups in total. The predicted octanol–water partition coefficient (Wildman–Crippen LogP) is 1.31. The molecule has 9 heteroatoms. The average Bonchev–Trinajstić information content (AvgIpc) is 2.78. The first-order chi connectivity index (χ1) is 9.82. The van der Waals surface area contributed by atoms with Crippen molar-refractivity contribution in [3.05, 3.63) is 23.9 Å². The Morgan fingerprint density at radius 3 is 2.86 bits per heavy atom. The highest BCUT2D eigenvalue weighted by molar-refractivity contribution is 5.77. The van der Waals surface area contributed by atoms with Gasteiger partial charge in [0.15, 0.2) is 0 Å². The van der Waals surface area contributed by atoms with E-state index < -0.39 is 30.8 Å². The molecule has 2 atom stereocenters. The van der Waals surface area contributed by atoms with E-state index in [-0.39, 0.29) is 12.4 Å². The van der Waals surface area contributed by atoms with Crippen molar-refractivity contribution in [2.45, 2.75) is 18.3 Å². The third-order valence-electron chi connectivity index (χ3n) is 3.22. The molecule has 116 valence electrons. The van der Waals surface area contributed by atoms with Crippen LogP contribution in [0.3, 0.4) is 0 Å². The fourth-order valence-corrected chi connectivity index (χ4v) is 2.21. The van der Waals surface area contributed by atoms with Gasteiger partial charge in [-0.25, -0.2) is 9.78 Å². The fourth-order valence-electron chi connectivity index (χ4n) is 2.21. The molecule has 1 fully saturated rings. The molecule has 0 aromatic carbocycles. The van der Waals surface area contributed by atoms with Crippen molar-refractivity contribution in [2.75, 3.05) is 26.0 Å². The van der Waals surface area contributed by atoms with E-state index in [0.29, 0.717) is 5.56 Å². The van der Waals surface area contributed by atoms with E-state index in [9.17, 15) is 18.0 Å². The van der Waals surface area contributed by atoms with Gasteiger partial charge in [0.2, 0.25) is 0 Å². The number of nitrogen functional groups attached to an aromatic ring is 1. The Balaban J connectivity index is 2.25. The molecule has 6 nitrogen and oxygen atoms in total. The van der Waals surface area contributed by atoms with Crippen LogP contribution in [0.5, 0.6) is 0 Å². The van der Waals surface area contributed by atoms with Crippen LogP contribution in [0.4, 0.5) is 23.8 Å². The number of nitrogens with zero attached hydrogens (tertiary/aromatic N) is 2. The number of rotatable bonds is 4. The largest absolute Gasteiger partial charge is 0.410 e. The maximum absolute atomic E-state index is 12.7. The highest BCUT2D eigenvalue weighted by Crippen LogP contribution is 2.30. The molecule has 21 heavy (non-hydrogen) atoms. The molecule has 1 saturated heterocycles. The first kappa shape index (κ1) is 15.4. The van der Waals surface area contributed by atoms with Crippen LogP contribution in [0.15, 0.2) is 18.3 Å². The molecular formula is C12H15F3N4O2. The molecule has 2 heterocycles. The maximum atomic E-state index is 12.7. The van der Waals surface area contributed by atoms with Crippen LogP contribution in [0.25, 0.3) is 0 Å². The number of nitrogens with two attached hydrogens (primary N) is 1. The van der Waals surface area contributed by atoms with Gasteiger partial charge < -0.3 is 20.7 Å². The van der Waals surface area contributed by atoms with Gasteiger partial charge in [0.25, 0.3) is 0 Å². The molecule has 0 saturated carbocycles. The number of carbonyl (C=O) groups is 1. The number of ether oxygens (including phenoxy) is 1. The first-order valence-electron chi connectivity index (χ1n) is 6.17. The molecule has 1 unspecified atom stereocenters. The van der Waals surface area contributed by atoms with Gasteiger partial charge in [-0.2, -0.15) is 13.2 Å². The summed E-state index contributed by atoms with van der Waals surface area (Å²) in [5.74, 6) is 0.223. The molecule has 0 aliphatic carbocycles. The average molecular weight is 304 g/mol. The quantitative estimate of drug-likeness (QED) is 0.879. The van der Waals surface area contributed by atoms with Crippen molar-refractivity contribution >= 4 is 11.8 Å². The zero-order chi connectivity index (χ0) is 15.6. The summed E-state index contributed by atoms with van der Waals surface area (Å²) >= 11 is 0. The Hall–Kier alpha value is -2.03. The SMILES string of the molecule is COCC(c1ccnc(N)c1)N1C[C@@H](C(F)(F)F)NC1=O. The van der Waals surface area contributed by atoms with Crippen LogP contribution in [-0.2, 0) is 4.74 Å². The summed E-state index contributed by atoms with van der Waals surface area (Å²) in [6, 6.07) is -0.225. The van der Waals surface area contributed by atoms with Crippen molar-refractivity contribution in [3.63, 3.8) is 0 Å². The van der Waals surface area contributed by atoms with Crippen LogP contribution in [-0.4, -0.2) is 48.4 Å². The number of alkyl halides is 3. The van der Waals surface area contributed by atoms with Gasteiger partial charge in [0.1, 0.15) is 11.9 Å². The van der Waals surface area contributed by atoms with Crippen LogP contribution in [0.1, 0.15) is 11.6 Å². The number of pyridine rings is 1. The summed E-state index contributed by atoms with van der Waals surface area (Å²) in [5, 5.41) is 1.93. The molecule has 1 aromatic rings. The number of hydrogen-bond acceptors (Lipinski definition) is 4. The Morgan fingerprint density at radius 2 is 2.33 bits per heavy atom. The summed E-state index contributed by atoms with van der Waals surface area (Å²) in [6.07, 6.45) is -3.05. The monoisotopic (exact) mass is 304 g/mol. The molecule has 2 rings (SSSR count). The second-order valence-corrected chi connectivity index (χ2v) is 4.68. The topological polar surface area (TPSA) is 80.5 Å². The smallest absolute Gasteiger partial charge is 0.384 e. The summed E-state index contributed by atoms with van der Waals surface area (Å²) in [7, 11) is 1.41. The van der Waals surface area contributed by atoms with Gasteiger partial charge in [-0.1, -0.05) is 0 Å². The Bertz CT molecular complexity index is 523. The molecule has 1 aliphatic rings. The van der Waals surface area contributed by atoms with Gasteiger partial charge in [-0.05, 0) is 17.7 Å². The normalized spacial score (nSPS) is 20.5. The third kappa shape index (κ3) is 3.35. The standard InChI is InChI=1S/C12H15F3N4O2/c1-21-6-8(7-2-3-17-10(16)4-7)19-5-9(12(13,14)15)18-11(19)20/h2-4,8-9H,5-6H2,1H3,(H2,16,17)(H,18,20)/t8?,9-/m0/s1. The van der Waals surface area contributed by atoms with E-state index in [4.69, 9.17) is 10.5 Å². The summed E-state index contributed by atoms with van der Waals surface area (Å²) in [4.78, 5) is 16.7. The second kappa shape index (κ2) is 5.76. The fraction of sp³-hybridized carbons (Fsp3) is 0.500. The van der Waals surface area contributed by atoms with E-state index in [2.05, 4.69) is 4.98 Å². The lowest BCUT2D eigenvalue weighted by atomic mass is 10.1. The molecule has 0 bridgehead atoms. The second-order valence-electron chi connectivity index (χ2n) is 4.68. The maximum Gasteiger partial charge on any atom is 0.410 e. The molecule has 0 spiro atoms. The van der Waals surface area contributed by atoms with Crippen LogP contribution >= 0.6 is 0 Å². The highest BCUT2D eigenvalue weighted by Gasteiger charge is 2.48. The van der Waals surface area contributed by atoms with E-state index in [1.807, 2.05) is 5.32 Å². The molecular weight excluding hydrogens is 289 g/mol. The number of urea groups is 1. The van der Waals surface area contributed by atoms with Crippen molar-refractivity contribution in [2.24, 2.45) is 0 Å². The van der Waals surface area contributed by atoms with E-state index in [1.165, 1.54) is 19.4 Å². The van der Waals surface area contributed by atoms with Gasteiger partial charge in [0, 0.05) is 13.3 Å². The van der Waals surface area contributed by atoms with E-state index in [0.717, 1.165) is 4.90 Å². The minimum absolute atomic E-state index is 0.0570. The summed E-state index contributed by atoms with van der Waals surface area (Å²) in [5.41, 5.74) is 6.14. The van der Waals surface area contributed by atoms with Crippen LogP contribution in [0, 0.1) is 0 Å². The number of aromatic nitrogens is 1. The van der Waals surface area contributed by atoms with Gasteiger partial charge in [-0.3, -0.25) is 0 Å². The Morgan fingerprint density at radius 1 is 1.62 bits per heavy atom. The lowest BCUT2D eigenvalue weighted by Crippen LogP contribution is -2.40. The number of hydrogen-bond donors (Lipinski definition) is 2.